The topological polar surface area (TPSA) is 55.5 Å². The molecule has 0 fully saturated rings. The molecule has 0 aliphatic heterocycles. The maximum absolute atomic E-state index is 10.1. The second-order valence-electron chi connectivity index (χ2n) is 1.55. The van der Waals surface area contributed by atoms with Crippen LogP contribution < -0.4 is 5.73 Å². The van der Waals surface area contributed by atoms with Crippen molar-refractivity contribution in [3.8, 4) is 0 Å². The van der Waals surface area contributed by atoms with Crippen LogP contribution in [0.4, 0.5) is 0 Å². The molecule has 0 aliphatic carbocycles. The number of rotatable bonds is 2. The molecule has 0 unspecified atom stereocenters. The van der Waals surface area contributed by atoms with Gasteiger partial charge in [0.2, 0.25) is 0 Å². The monoisotopic (exact) mass is 126 g/mol. The van der Waals surface area contributed by atoms with E-state index in [2.05, 4.69) is 4.99 Å². The fourth-order valence-corrected chi connectivity index (χ4v) is 0.374. The van der Waals surface area contributed by atoms with E-state index in [4.69, 9.17) is 5.73 Å². The van der Waals surface area contributed by atoms with E-state index in [1.807, 2.05) is 0 Å². The second kappa shape index (κ2) is 3.83. The summed E-state index contributed by atoms with van der Waals surface area (Å²) in [4.78, 5) is 13.9. The molecular weight excluding hydrogens is 116 g/mol. The van der Waals surface area contributed by atoms with Gasteiger partial charge in [0.15, 0.2) is 6.29 Å². The SMILES string of the molecule is CN=C(C)C(C=O)=CN. The Kier molecular flexibility index (Phi) is 3.35. The molecule has 0 radical (unpaired) electrons. The summed E-state index contributed by atoms with van der Waals surface area (Å²) < 4.78 is 0. The number of nitrogens with two attached hydrogens (primary N) is 1. The summed E-state index contributed by atoms with van der Waals surface area (Å²) in [5.41, 5.74) is 6.19. The van der Waals surface area contributed by atoms with Crippen molar-refractivity contribution in [2.24, 2.45) is 10.7 Å². The van der Waals surface area contributed by atoms with Gasteiger partial charge in [-0.1, -0.05) is 0 Å². The third-order valence-electron chi connectivity index (χ3n) is 1.06. The number of aliphatic imine (C=N–C) groups is 1. The minimum atomic E-state index is 0.442. The summed E-state index contributed by atoms with van der Waals surface area (Å²) in [6.07, 6.45) is 1.93. The molecule has 0 aromatic carbocycles. The molecule has 0 atom stereocenters. The maximum Gasteiger partial charge on any atom is 0.153 e. The molecule has 0 aliphatic rings. The molecule has 0 heterocycles. The van der Waals surface area contributed by atoms with Crippen LogP contribution in [0.2, 0.25) is 0 Å². The van der Waals surface area contributed by atoms with Crippen LogP contribution in [0.15, 0.2) is 16.8 Å². The van der Waals surface area contributed by atoms with Gasteiger partial charge >= 0.3 is 0 Å². The molecule has 9 heavy (non-hydrogen) atoms. The van der Waals surface area contributed by atoms with E-state index in [0.717, 1.165) is 0 Å². The van der Waals surface area contributed by atoms with Crippen LogP contribution in [0.3, 0.4) is 0 Å². The molecule has 3 nitrogen and oxygen atoms in total. The van der Waals surface area contributed by atoms with Gasteiger partial charge in [-0.3, -0.25) is 9.79 Å². The fourth-order valence-electron chi connectivity index (χ4n) is 0.374. The first kappa shape index (κ1) is 7.88. The maximum atomic E-state index is 10.1. The number of hydrogen-bond acceptors (Lipinski definition) is 3. The highest BCUT2D eigenvalue weighted by Gasteiger charge is 1.94. The first-order valence-electron chi connectivity index (χ1n) is 2.57. The molecule has 0 aromatic rings. The lowest BCUT2D eigenvalue weighted by molar-refractivity contribution is -0.104. The first-order chi connectivity index (χ1) is 4.26. The van der Waals surface area contributed by atoms with Crippen molar-refractivity contribution in [3.05, 3.63) is 11.8 Å². The van der Waals surface area contributed by atoms with Gasteiger partial charge in [-0.05, 0) is 6.92 Å². The molecule has 0 spiro atoms. The summed E-state index contributed by atoms with van der Waals surface area (Å²) in [6.45, 7) is 1.73. The zero-order chi connectivity index (χ0) is 7.28. The van der Waals surface area contributed by atoms with E-state index in [1.165, 1.54) is 6.20 Å². The average Bonchev–Trinajstić information content (AvgIpc) is 1.90. The number of carbonyl (C=O) groups excluding carboxylic acids is 1. The zero-order valence-electron chi connectivity index (χ0n) is 5.59. The van der Waals surface area contributed by atoms with Crippen LogP contribution >= 0.6 is 0 Å². The molecule has 0 rings (SSSR count). The standard InChI is InChI=1S/C6H10N2O/c1-5(8-2)6(3-7)4-9/h3-4H,7H2,1-2H3. The first-order valence-corrected chi connectivity index (χ1v) is 2.57. The number of hydrogen-bond donors (Lipinski definition) is 1. The smallest absolute Gasteiger partial charge is 0.153 e. The summed E-state index contributed by atoms with van der Waals surface area (Å²) in [6, 6.07) is 0. The predicted octanol–water partition coefficient (Wildman–Crippen LogP) is 0.119. The minimum Gasteiger partial charge on any atom is -0.404 e. The van der Waals surface area contributed by atoms with Crippen LogP contribution in [0.5, 0.6) is 0 Å². The Morgan fingerprint density at radius 3 is 2.33 bits per heavy atom. The van der Waals surface area contributed by atoms with Crippen molar-refractivity contribution in [2.75, 3.05) is 7.05 Å². The molecular formula is C6H10N2O. The van der Waals surface area contributed by atoms with Crippen molar-refractivity contribution in [1.29, 1.82) is 0 Å². The number of allylic oxidation sites excluding steroid dienone is 1. The van der Waals surface area contributed by atoms with Crippen molar-refractivity contribution in [1.82, 2.24) is 0 Å². The lowest BCUT2D eigenvalue weighted by atomic mass is 10.2. The molecule has 0 amide bonds. The highest BCUT2D eigenvalue weighted by molar-refractivity contribution is 6.13. The number of aldehydes is 1. The van der Waals surface area contributed by atoms with E-state index in [0.29, 0.717) is 17.6 Å². The average molecular weight is 126 g/mol. The van der Waals surface area contributed by atoms with Gasteiger partial charge in [0, 0.05) is 19.0 Å². The van der Waals surface area contributed by atoms with Gasteiger partial charge < -0.3 is 5.73 Å². The minimum absolute atomic E-state index is 0.442. The largest absolute Gasteiger partial charge is 0.404 e. The summed E-state index contributed by atoms with van der Waals surface area (Å²) in [7, 11) is 1.61. The second-order valence-corrected chi connectivity index (χ2v) is 1.55. The lowest BCUT2D eigenvalue weighted by Crippen LogP contribution is -2.01. The van der Waals surface area contributed by atoms with Gasteiger partial charge in [0.05, 0.1) is 5.57 Å². The quantitative estimate of drug-likeness (QED) is 0.324. The summed E-state index contributed by atoms with van der Waals surface area (Å²) >= 11 is 0. The Bertz CT molecular complexity index is 158. The van der Waals surface area contributed by atoms with Crippen LogP contribution in [0.25, 0.3) is 0 Å². The van der Waals surface area contributed by atoms with Crippen molar-refractivity contribution in [2.45, 2.75) is 6.92 Å². The lowest BCUT2D eigenvalue weighted by Gasteiger charge is -1.92. The Labute approximate surface area is 54.3 Å². The van der Waals surface area contributed by atoms with Crippen molar-refractivity contribution < 1.29 is 4.79 Å². The Morgan fingerprint density at radius 2 is 2.22 bits per heavy atom. The molecule has 2 N–H and O–H groups in total. The van der Waals surface area contributed by atoms with Gasteiger partial charge in [0.1, 0.15) is 0 Å². The third kappa shape index (κ3) is 2.08. The molecule has 0 aromatic heterocycles. The highest BCUT2D eigenvalue weighted by Crippen LogP contribution is 1.89. The number of nitrogens with zero attached hydrogens (tertiary/aromatic N) is 1. The number of carbonyl (C=O) groups is 1. The van der Waals surface area contributed by atoms with E-state index in [-0.39, 0.29) is 0 Å². The molecule has 0 bridgehead atoms. The Morgan fingerprint density at radius 1 is 1.67 bits per heavy atom. The van der Waals surface area contributed by atoms with Gasteiger partial charge in [0.25, 0.3) is 0 Å². The summed E-state index contributed by atoms with van der Waals surface area (Å²) in [5, 5.41) is 0. The normalized spacial score (nSPS) is 13.6. The predicted molar refractivity (Wildman–Crippen MR) is 37.4 cm³/mol. The van der Waals surface area contributed by atoms with Crippen molar-refractivity contribution in [3.63, 3.8) is 0 Å². The highest BCUT2D eigenvalue weighted by atomic mass is 16.1. The molecule has 50 valence electrons. The molecule has 0 saturated carbocycles. The molecule has 0 saturated heterocycles. The van der Waals surface area contributed by atoms with Gasteiger partial charge in [-0.2, -0.15) is 0 Å². The Hall–Kier alpha value is -1.12. The van der Waals surface area contributed by atoms with E-state index >= 15 is 0 Å². The van der Waals surface area contributed by atoms with E-state index in [9.17, 15) is 4.79 Å². The van der Waals surface area contributed by atoms with Crippen LogP contribution in [-0.4, -0.2) is 19.0 Å². The van der Waals surface area contributed by atoms with E-state index in [1.54, 1.807) is 14.0 Å². The molecule has 3 heteroatoms. The third-order valence-corrected chi connectivity index (χ3v) is 1.06. The van der Waals surface area contributed by atoms with Crippen LogP contribution in [0.1, 0.15) is 6.92 Å². The summed E-state index contributed by atoms with van der Waals surface area (Å²) in [5.74, 6) is 0. The van der Waals surface area contributed by atoms with Gasteiger partial charge in [-0.15, -0.1) is 0 Å². The van der Waals surface area contributed by atoms with Gasteiger partial charge in [-0.25, -0.2) is 0 Å². The fraction of sp³-hybridized carbons (Fsp3) is 0.333. The zero-order valence-corrected chi connectivity index (χ0v) is 5.59. The van der Waals surface area contributed by atoms with Crippen LogP contribution in [0, 0.1) is 0 Å². The van der Waals surface area contributed by atoms with Crippen molar-refractivity contribution >= 4 is 12.0 Å². The van der Waals surface area contributed by atoms with E-state index < -0.39 is 0 Å². The van der Waals surface area contributed by atoms with Crippen LogP contribution in [-0.2, 0) is 4.79 Å². The Balaban J connectivity index is 4.32.